The molecule has 0 aliphatic carbocycles. The van der Waals surface area contributed by atoms with E-state index in [1.54, 1.807) is 65.0 Å². The predicted molar refractivity (Wildman–Crippen MR) is 150 cm³/mol. The summed E-state index contributed by atoms with van der Waals surface area (Å²) >= 11 is 5.69. The summed E-state index contributed by atoms with van der Waals surface area (Å²) in [4.78, 5) is 38.7. The predicted octanol–water partition coefficient (Wildman–Crippen LogP) is 1.44. The van der Waals surface area contributed by atoms with E-state index in [2.05, 4.69) is 21.9 Å². The van der Waals surface area contributed by atoms with Crippen molar-refractivity contribution in [3.8, 4) is 17.6 Å². The van der Waals surface area contributed by atoms with E-state index >= 15 is 0 Å². The maximum Gasteiger partial charge on any atom is 0.330 e. The van der Waals surface area contributed by atoms with Crippen LogP contribution in [0.1, 0.15) is 40.8 Å². The average molecular weight is 596 g/mol. The molecule has 3 rings (SSSR count). The Hall–Kier alpha value is -2.82. The number of hydrogen-bond donors (Lipinski definition) is 4. The van der Waals surface area contributed by atoms with Crippen molar-refractivity contribution < 1.29 is 33.5 Å². The lowest BCUT2D eigenvalue weighted by molar-refractivity contribution is -0.149. The minimum absolute atomic E-state index is 0.179. The lowest BCUT2D eigenvalue weighted by atomic mass is 9.94. The topological polar surface area (TPSA) is 161 Å². The number of para-hydroxylation sites is 1. The maximum absolute atomic E-state index is 12.5. The monoisotopic (exact) mass is 595 g/mol. The van der Waals surface area contributed by atoms with Crippen LogP contribution in [0.25, 0.3) is 0 Å². The second kappa shape index (κ2) is 13.2. The van der Waals surface area contributed by atoms with Gasteiger partial charge < -0.3 is 28.7 Å². The first-order chi connectivity index (χ1) is 18.7. The van der Waals surface area contributed by atoms with Crippen LogP contribution in [-0.4, -0.2) is 62.3 Å². The number of aromatic nitrogens is 2. The Kier molecular flexibility index (Phi) is 10.5. The second-order valence-corrected chi connectivity index (χ2v) is 12.9. The van der Waals surface area contributed by atoms with Gasteiger partial charge in [0.1, 0.15) is 24.0 Å². The first-order valence-electron chi connectivity index (χ1n) is 12.6. The van der Waals surface area contributed by atoms with Crippen LogP contribution in [0.4, 0.5) is 0 Å². The fourth-order valence-electron chi connectivity index (χ4n) is 3.69. The smallest absolute Gasteiger partial charge is 0.330 e. The normalized spacial score (nSPS) is 24.7. The number of aliphatic hydroxyl groups is 2. The Morgan fingerprint density at radius 2 is 1.90 bits per heavy atom. The lowest BCUT2D eigenvalue weighted by Gasteiger charge is -2.28. The Labute approximate surface area is 236 Å². The van der Waals surface area contributed by atoms with Gasteiger partial charge in [-0.25, -0.2) is 9.88 Å². The van der Waals surface area contributed by atoms with Crippen molar-refractivity contribution >= 4 is 24.4 Å². The van der Waals surface area contributed by atoms with E-state index in [9.17, 15) is 24.6 Å². The molecule has 0 spiro atoms. The number of carbonyl (C=O) groups excluding carboxylic acids is 1. The van der Waals surface area contributed by atoms with Crippen LogP contribution in [0.5, 0.6) is 5.75 Å². The van der Waals surface area contributed by atoms with E-state index in [0.717, 1.165) is 16.8 Å². The van der Waals surface area contributed by atoms with Crippen molar-refractivity contribution in [1.82, 2.24) is 14.6 Å². The van der Waals surface area contributed by atoms with Gasteiger partial charge in [-0.2, -0.15) is 0 Å². The van der Waals surface area contributed by atoms with E-state index in [1.807, 2.05) is 0 Å². The van der Waals surface area contributed by atoms with Crippen molar-refractivity contribution in [1.29, 1.82) is 0 Å². The highest BCUT2D eigenvalue weighted by Crippen LogP contribution is 2.47. The summed E-state index contributed by atoms with van der Waals surface area (Å²) in [5, 5.41) is 25.5. The van der Waals surface area contributed by atoms with Gasteiger partial charge >= 0.3 is 18.3 Å². The minimum atomic E-state index is -3.50. The van der Waals surface area contributed by atoms with Crippen LogP contribution >= 0.6 is 6.64 Å². The minimum Gasteiger partial charge on any atom is -0.462 e. The quantitative estimate of drug-likeness (QED) is 0.179. The number of ether oxygens (including phenoxy) is 2. The zero-order valence-electron chi connectivity index (χ0n) is 22.8. The molecule has 0 bridgehead atoms. The van der Waals surface area contributed by atoms with E-state index in [4.69, 9.17) is 30.3 Å². The summed E-state index contributed by atoms with van der Waals surface area (Å²) in [5.41, 5.74) is -3.76. The molecule has 4 N–H and O–H groups in total. The highest BCUT2D eigenvalue weighted by molar-refractivity contribution is 8.09. The Balaban J connectivity index is 1.90. The molecular weight excluding hydrogens is 561 g/mol. The van der Waals surface area contributed by atoms with Gasteiger partial charge in [0, 0.05) is 18.2 Å². The lowest BCUT2D eigenvalue weighted by Crippen LogP contribution is -2.48. The number of nitrogens with zero attached hydrogens (tertiary/aromatic N) is 1. The number of rotatable bonds is 10. The number of hydrogen-bond acceptors (Lipinski definition) is 10. The molecule has 1 saturated heterocycles. The van der Waals surface area contributed by atoms with Gasteiger partial charge in [0.05, 0.1) is 12.7 Å². The molecule has 0 amide bonds. The third-order valence-electron chi connectivity index (χ3n) is 5.58. The first kappa shape index (κ1) is 31.7. The summed E-state index contributed by atoms with van der Waals surface area (Å²) in [5.74, 6) is 5.04. The largest absolute Gasteiger partial charge is 0.462 e. The first-order valence-corrected chi connectivity index (χ1v) is 15.3. The van der Waals surface area contributed by atoms with Gasteiger partial charge in [0.2, 0.25) is 0 Å². The van der Waals surface area contributed by atoms with Gasteiger partial charge in [-0.05, 0) is 44.7 Å². The summed E-state index contributed by atoms with van der Waals surface area (Å²) in [6, 6.07) is 8.73. The van der Waals surface area contributed by atoms with E-state index < -0.39 is 60.5 Å². The number of benzene rings is 1. The zero-order chi connectivity index (χ0) is 29.7. The van der Waals surface area contributed by atoms with Crippen molar-refractivity contribution in [2.24, 2.45) is 5.92 Å². The fourth-order valence-corrected chi connectivity index (χ4v) is 6.11. The molecule has 40 heavy (non-hydrogen) atoms. The molecule has 12 nitrogen and oxygen atoms in total. The van der Waals surface area contributed by atoms with Gasteiger partial charge in [-0.3, -0.25) is 19.1 Å². The third-order valence-corrected chi connectivity index (χ3v) is 8.08. The van der Waals surface area contributed by atoms with Crippen LogP contribution in [-0.2, 0) is 30.6 Å². The Morgan fingerprint density at radius 1 is 1.23 bits per heavy atom. The molecule has 1 aromatic carbocycles. The molecule has 1 fully saturated rings. The number of aliphatic hydroxyl groups excluding tert-OH is 1. The number of esters is 1. The van der Waals surface area contributed by atoms with Gasteiger partial charge in [0.15, 0.2) is 11.8 Å². The van der Waals surface area contributed by atoms with Gasteiger partial charge in [-0.15, -0.1) is 0 Å². The summed E-state index contributed by atoms with van der Waals surface area (Å²) < 4.78 is 24.0. The third kappa shape index (κ3) is 7.89. The molecule has 1 aliphatic rings. The Bertz CT molecular complexity index is 1400. The maximum atomic E-state index is 12.5. The van der Waals surface area contributed by atoms with Crippen LogP contribution in [0.2, 0.25) is 0 Å². The standard InChI is InChI=1S/C26H34N3O9PS/c1-16(2)11-13-26(34)22(31)20(37-24(26)29-14-12-21(30)27-25(29)33)15-35-39(40,38-19-9-7-6-8-10-19)28-18(5)23(32)36-17(3)4/h6-10,12,14,16-18,20,22,24,31,34H,15H2,1-5H3,(H,28,40)(H,27,30,33)/t18-,20+,22+,24+,26+,39?/m0/s1. The molecule has 0 radical (unpaired) electrons. The molecule has 2 heterocycles. The molecule has 1 unspecified atom stereocenters. The number of H-pyrrole nitrogens is 1. The second-order valence-electron chi connectivity index (χ2n) is 9.77. The molecule has 0 saturated carbocycles. The number of nitrogens with one attached hydrogen (secondary N) is 2. The van der Waals surface area contributed by atoms with Crippen LogP contribution in [0, 0.1) is 17.8 Å². The molecule has 218 valence electrons. The van der Waals surface area contributed by atoms with Crippen molar-refractivity contribution in [3.05, 3.63) is 63.4 Å². The summed E-state index contributed by atoms with van der Waals surface area (Å²) in [6.07, 6.45) is -3.61. The van der Waals surface area contributed by atoms with Gasteiger partial charge in [0.25, 0.3) is 5.56 Å². The number of aromatic amines is 1. The van der Waals surface area contributed by atoms with E-state index in [0.29, 0.717) is 5.75 Å². The van der Waals surface area contributed by atoms with E-state index in [1.165, 1.54) is 0 Å². The van der Waals surface area contributed by atoms with Crippen molar-refractivity contribution in [3.63, 3.8) is 0 Å². The number of carbonyl (C=O) groups is 1. The van der Waals surface area contributed by atoms with E-state index in [-0.39, 0.29) is 12.0 Å². The fraction of sp³-hybridized carbons (Fsp3) is 0.500. The van der Waals surface area contributed by atoms with Crippen LogP contribution < -0.4 is 20.9 Å². The molecule has 6 atom stereocenters. The molecular formula is C26H34N3O9PS. The molecule has 2 aromatic rings. The highest BCUT2D eigenvalue weighted by atomic mass is 32.5. The van der Waals surface area contributed by atoms with Crippen molar-refractivity contribution in [2.45, 2.75) is 70.8 Å². The average Bonchev–Trinajstić information content (AvgIpc) is 3.12. The molecule has 1 aliphatic heterocycles. The SMILES string of the molecule is CC(C)C#C[C@@]1(O)[C@H](O)[C@@H](COP(=S)(N[C@@H](C)C(=O)OC(C)C)Oc2ccccc2)O[C@H]1n1ccc(=O)[nH]c1=O. The van der Waals surface area contributed by atoms with Crippen molar-refractivity contribution in [2.75, 3.05) is 6.61 Å². The summed E-state index contributed by atoms with van der Waals surface area (Å²) in [7, 11) is 0. The zero-order valence-corrected chi connectivity index (χ0v) is 24.5. The Morgan fingerprint density at radius 3 is 2.50 bits per heavy atom. The van der Waals surface area contributed by atoms with Gasteiger partial charge in [-0.1, -0.05) is 43.9 Å². The summed E-state index contributed by atoms with van der Waals surface area (Å²) in [6.45, 7) is 4.63. The molecule has 1 aromatic heterocycles. The van der Waals surface area contributed by atoms with Crippen LogP contribution in [0.15, 0.2) is 52.2 Å². The van der Waals surface area contributed by atoms with Crippen LogP contribution in [0.3, 0.4) is 0 Å². The molecule has 14 heteroatoms. The highest BCUT2D eigenvalue weighted by Gasteiger charge is 2.56.